The van der Waals surface area contributed by atoms with Crippen LogP contribution in [0.2, 0.25) is 0 Å². The molecule has 1 heterocycles. The smallest absolute Gasteiger partial charge is 0.317 e. The number of carbonyl (C=O) groups is 1. The van der Waals surface area contributed by atoms with Crippen molar-refractivity contribution >= 4 is 5.97 Å². The van der Waals surface area contributed by atoms with E-state index in [1.165, 1.54) is 13.0 Å². The van der Waals surface area contributed by atoms with E-state index in [1.54, 1.807) is 30.1 Å². The van der Waals surface area contributed by atoms with Gasteiger partial charge in [-0.05, 0) is 67.9 Å². The van der Waals surface area contributed by atoms with Crippen molar-refractivity contribution in [3.8, 4) is 39.7 Å². The molecule has 9 heteroatoms. The zero-order chi connectivity index (χ0) is 25.8. The summed E-state index contributed by atoms with van der Waals surface area (Å²) < 4.78 is 39.1. The van der Waals surface area contributed by atoms with Gasteiger partial charge in [0.05, 0.1) is 13.2 Å². The normalized spacial score (nSPS) is 11.2. The van der Waals surface area contributed by atoms with E-state index in [0.29, 0.717) is 41.4 Å². The molecule has 0 radical (unpaired) electrons. The molecule has 0 aliphatic rings. The Labute approximate surface area is 207 Å². The SMILES string of the molecule is CCOc1cc(-c2nc(-c3cccc(CN(C)CC(=O)O)c3)no2)ccc1-c1ccc(F)c(F)c1C. The minimum Gasteiger partial charge on any atom is -0.493 e. The van der Waals surface area contributed by atoms with Crippen molar-refractivity contribution in [1.29, 1.82) is 0 Å². The van der Waals surface area contributed by atoms with Gasteiger partial charge in [0.25, 0.3) is 5.89 Å². The third kappa shape index (κ3) is 5.41. The average molecular weight is 494 g/mol. The van der Waals surface area contributed by atoms with Crippen molar-refractivity contribution in [1.82, 2.24) is 15.0 Å². The molecule has 36 heavy (non-hydrogen) atoms. The Morgan fingerprint density at radius 3 is 2.61 bits per heavy atom. The summed E-state index contributed by atoms with van der Waals surface area (Å²) in [4.78, 5) is 17.1. The minimum absolute atomic E-state index is 0.0706. The molecule has 0 bridgehead atoms. The lowest BCUT2D eigenvalue weighted by molar-refractivity contribution is -0.138. The third-order valence-electron chi connectivity index (χ3n) is 5.63. The molecular weight excluding hydrogens is 468 g/mol. The summed E-state index contributed by atoms with van der Waals surface area (Å²) in [5.41, 5.74) is 3.59. The molecule has 0 saturated carbocycles. The summed E-state index contributed by atoms with van der Waals surface area (Å²) >= 11 is 0. The Morgan fingerprint density at radius 2 is 1.86 bits per heavy atom. The molecule has 0 aliphatic carbocycles. The van der Waals surface area contributed by atoms with Gasteiger partial charge in [0.2, 0.25) is 5.82 Å². The van der Waals surface area contributed by atoms with Gasteiger partial charge in [0.1, 0.15) is 5.75 Å². The van der Waals surface area contributed by atoms with E-state index < -0.39 is 17.6 Å². The molecule has 1 aromatic heterocycles. The van der Waals surface area contributed by atoms with Crippen LogP contribution in [0.1, 0.15) is 18.1 Å². The number of hydrogen-bond donors (Lipinski definition) is 1. The van der Waals surface area contributed by atoms with Gasteiger partial charge in [0, 0.05) is 23.2 Å². The Balaban J connectivity index is 1.63. The van der Waals surface area contributed by atoms with Gasteiger partial charge in [0.15, 0.2) is 11.6 Å². The van der Waals surface area contributed by atoms with Crippen molar-refractivity contribution in [2.24, 2.45) is 0 Å². The molecule has 1 N–H and O–H groups in total. The number of carboxylic acid groups (broad SMARTS) is 1. The summed E-state index contributed by atoms with van der Waals surface area (Å²) in [6.07, 6.45) is 0. The molecule has 0 saturated heterocycles. The average Bonchev–Trinajstić information content (AvgIpc) is 3.33. The van der Waals surface area contributed by atoms with Crippen molar-refractivity contribution < 1.29 is 27.9 Å². The molecule has 4 rings (SSSR count). The lowest BCUT2D eigenvalue weighted by Gasteiger charge is -2.14. The number of nitrogens with zero attached hydrogens (tertiary/aromatic N) is 3. The van der Waals surface area contributed by atoms with E-state index in [-0.39, 0.29) is 18.0 Å². The van der Waals surface area contributed by atoms with E-state index in [2.05, 4.69) is 10.1 Å². The monoisotopic (exact) mass is 493 g/mol. The number of aromatic nitrogens is 2. The van der Waals surface area contributed by atoms with Crippen LogP contribution in [0, 0.1) is 18.6 Å². The maximum absolute atomic E-state index is 14.2. The van der Waals surface area contributed by atoms with Gasteiger partial charge < -0.3 is 14.4 Å². The summed E-state index contributed by atoms with van der Waals surface area (Å²) in [5.74, 6) is -1.56. The van der Waals surface area contributed by atoms with E-state index in [0.717, 1.165) is 17.2 Å². The highest BCUT2D eigenvalue weighted by molar-refractivity contribution is 5.77. The number of likely N-dealkylation sites (N-methyl/N-ethyl adjacent to an activating group) is 1. The minimum atomic E-state index is -0.901. The maximum atomic E-state index is 14.2. The molecule has 3 aromatic carbocycles. The van der Waals surface area contributed by atoms with Crippen LogP contribution in [0.25, 0.3) is 34.0 Å². The number of ether oxygens (including phenoxy) is 1. The number of aliphatic carboxylic acids is 1. The summed E-state index contributed by atoms with van der Waals surface area (Å²) in [6.45, 7) is 4.11. The van der Waals surface area contributed by atoms with Gasteiger partial charge in [-0.3, -0.25) is 9.69 Å². The molecule has 0 aliphatic heterocycles. The predicted octanol–water partition coefficient (Wildman–Crippen LogP) is 5.57. The molecule has 186 valence electrons. The molecule has 0 fully saturated rings. The van der Waals surface area contributed by atoms with Crippen LogP contribution in [-0.2, 0) is 11.3 Å². The second kappa shape index (κ2) is 10.7. The molecule has 0 atom stereocenters. The van der Waals surface area contributed by atoms with Gasteiger partial charge in [-0.2, -0.15) is 4.98 Å². The molecule has 7 nitrogen and oxygen atoms in total. The first kappa shape index (κ1) is 25.0. The van der Waals surface area contributed by atoms with Gasteiger partial charge in [-0.25, -0.2) is 8.78 Å². The number of rotatable bonds is 9. The Morgan fingerprint density at radius 1 is 1.08 bits per heavy atom. The Bertz CT molecular complexity index is 1400. The topological polar surface area (TPSA) is 88.7 Å². The standard InChI is InChI=1S/C27H25F2N3O4/c1-4-35-23-13-19(8-9-21(23)20-10-11-22(28)25(29)16(20)2)27-30-26(31-36-27)18-7-5-6-17(12-18)14-32(3)15-24(33)34/h5-13H,4,14-15H2,1-3H3,(H,33,34). The van der Waals surface area contributed by atoms with Crippen LogP contribution in [0.15, 0.2) is 59.1 Å². The summed E-state index contributed by atoms with van der Waals surface area (Å²) in [7, 11) is 1.73. The highest BCUT2D eigenvalue weighted by Gasteiger charge is 2.18. The molecule has 4 aromatic rings. The van der Waals surface area contributed by atoms with E-state index in [4.69, 9.17) is 14.4 Å². The quantitative estimate of drug-likeness (QED) is 0.326. The van der Waals surface area contributed by atoms with Gasteiger partial charge in [-0.1, -0.05) is 29.4 Å². The number of benzene rings is 3. The van der Waals surface area contributed by atoms with E-state index in [1.807, 2.05) is 31.2 Å². The maximum Gasteiger partial charge on any atom is 0.317 e. The largest absolute Gasteiger partial charge is 0.493 e. The van der Waals surface area contributed by atoms with Crippen LogP contribution < -0.4 is 4.74 Å². The first-order valence-electron chi connectivity index (χ1n) is 11.3. The second-order valence-electron chi connectivity index (χ2n) is 8.37. The first-order valence-corrected chi connectivity index (χ1v) is 11.3. The molecule has 0 amide bonds. The van der Waals surface area contributed by atoms with Gasteiger partial charge in [-0.15, -0.1) is 0 Å². The third-order valence-corrected chi connectivity index (χ3v) is 5.63. The lowest BCUT2D eigenvalue weighted by Crippen LogP contribution is -2.25. The van der Waals surface area contributed by atoms with Crippen LogP contribution in [0.5, 0.6) is 5.75 Å². The van der Waals surface area contributed by atoms with E-state index in [9.17, 15) is 13.6 Å². The fraction of sp³-hybridized carbons (Fsp3) is 0.222. The van der Waals surface area contributed by atoms with Crippen LogP contribution >= 0.6 is 0 Å². The fourth-order valence-electron chi connectivity index (χ4n) is 3.96. The number of hydrogen-bond acceptors (Lipinski definition) is 6. The Hall–Kier alpha value is -4.11. The van der Waals surface area contributed by atoms with E-state index >= 15 is 0 Å². The van der Waals surface area contributed by atoms with Crippen molar-refractivity contribution in [2.75, 3.05) is 20.2 Å². The fourth-order valence-corrected chi connectivity index (χ4v) is 3.96. The molecule has 0 spiro atoms. The second-order valence-corrected chi connectivity index (χ2v) is 8.37. The number of halogens is 2. The summed E-state index contributed by atoms with van der Waals surface area (Å²) in [5, 5.41) is 13.1. The number of carboxylic acids is 1. The van der Waals surface area contributed by atoms with Crippen LogP contribution in [0.3, 0.4) is 0 Å². The van der Waals surface area contributed by atoms with Crippen LogP contribution in [0.4, 0.5) is 8.78 Å². The highest BCUT2D eigenvalue weighted by Crippen LogP contribution is 2.37. The van der Waals surface area contributed by atoms with Crippen LogP contribution in [-0.4, -0.2) is 46.3 Å². The zero-order valence-electron chi connectivity index (χ0n) is 20.1. The highest BCUT2D eigenvalue weighted by atomic mass is 19.2. The molecule has 0 unspecified atom stereocenters. The summed E-state index contributed by atoms with van der Waals surface area (Å²) in [6, 6.07) is 15.3. The van der Waals surface area contributed by atoms with Crippen molar-refractivity contribution in [3.63, 3.8) is 0 Å². The van der Waals surface area contributed by atoms with Gasteiger partial charge >= 0.3 is 5.97 Å². The Kier molecular flexibility index (Phi) is 7.40. The predicted molar refractivity (Wildman–Crippen MR) is 130 cm³/mol. The molecular formula is C27H25F2N3O4. The van der Waals surface area contributed by atoms with Crippen molar-refractivity contribution in [3.05, 3.63) is 77.4 Å². The lowest BCUT2D eigenvalue weighted by atomic mass is 9.97. The first-order chi connectivity index (χ1) is 17.3. The van der Waals surface area contributed by atoms with Crippen molar-refractivity contribution in [2.45, 2.75) is 20.4 Å². The zero-order valence-corrected chi connectivity index (χ0v) is 20.1.